The van der Waals surface area contributed by atoms with E-state index in [1.165, 1.54) is 6.07 Å². The average Bonchev–Trinajstić information content (AvgIpc) is 1.93. The van der Waals surface area contributed by atoms with Crippen molar-refractivity contribution in [3.05, 3.63) is 0 Å². The van der Waals surface area contributed by atoms with Crippen LogP contribution in [0.1, 0.15) is 21.9 Å². The van der Waals surface area contributed by atoms with E-state index in [1.54, 1.807) is 19.6 Å². The van der Waals surface area contributed by atoms with Gasteiger partial charge in [0.1, 0.15) is 5.60 Å². The summed E-state index contributed by atoms with van der Waals surface area (Å²) in [6.45, 7) is -1.11. The fraction of sp³-hybridized carbons (Fsp3) is 0.857. The van der Waals surface area contributed by atoms with E-state index in [9.17, 15) is 0 Å². The Kier molecular flexibility index (Phi) is 0.921. The SMILES string of the molecule is [2H]C([2H])([2H])C(C#N)(O[Si](C)(C)C)C([2H])([2H])[2H]. The Hall–Kier alpha value is -0.333. The molecule has 0 saturated heterocycles. The van der Waals surface area contributed by atoms with Gasteiger partial charge < -0.3 is 4.43 Å². The lowest BCUT2D eigenvalue weighted by molar-refractivity contribution is 0.162. The Balaban J connectivity index is 5.63. The highest BCUT2D eigenvalue weighted by Crippen LogP contribution is 2.15. The van der Waals surface area contributed by atoms with Crippen LogP contribution in [0.2, 0.25) is 19.6 Å². The summed E-state index contributed by atoms with van der Waals surface area (Å²) < 4.78 is 48.5. The van der Waals surface area contributed by atoms with Crippen LogP contribution < -0.4 is 0 Å². The minimum atomic E-state index is -3.01. The van der Waals surface area contributed by atoms with E-state index in [-0.39, 0.29) is 0 Å². The van der Waals surface area contributed by atoms with Crippen molar-refractivity contribution in [2.75, 3.05) is 0 Å². The van der Waals surface area contributed by atoms with Gasteiger partial charge in [0.25, 0.3) is 0 Å². The van der Waals surface area contributed by atoms with Crippen molar-refractivity contribution in [1.82, 2.24) is 0 Å². The Labute approximate surface area is 72.4 Å². The van der Waals surface area contributed by atoms with Gasteiger partial charge in [0, 0.05) is 8.22 Å². The predicted molar refractivity (Wildman–Crippen MR) is 44.1 cm³/mol. The number of nitrogens with zero attached hydrogens (tertiary/aromatic N) is 1. The maximum Gasteiger partial charge on any atom is 0.185 e. The first-order valence-electron chi connectivity index (χ1n) is 5.88. The largest absolute Gasteiger partial charge is 0.400 e. The summed E-state index contributed by atoms with van der Waals surface area (Å²) in [6, 6.07) is 1.34. The van der Waals surface area contributed by atoms with Crippen LogP contribution in [-0.4, -0.2) is 13.9 Å². The minimum Gasteiger partial charge on any atom is -0.400 e. The molecule has 2 nitrogen and oxygen atoms in total. The summed E-state index contributed by atoms with van der Waals surface area (Å²) in [5.74, 6) is 0. The molecule has 0 aliphatic carbocycles. The van der Waals surface area contributed by atoms with Crippen LogP contribution in [-0.2, 0) is 4.43 Å². The normalized spacial score (nSPS) is 24.2. The van der Waals surface area contributed by atoms with Gasteiger partial charge in [-0.2, -0.15) is 5.26 Å². The fourth-order valence-corrected chi connectivity index (χ4v) is 1.45. The zero-order valence-electron chi connectivity index (χ0n) is 12.4. The van der Waals surface area contributed by atoms with E-state index in [0.29, 0.717) is 0 Å². The van der Waals surface area contributed by atoms with Gasteiger partial charge in [-0.3, -0.25) is 0 Å². The van der Waals surface area contributed by atoms with Gasteiger partial charge in [-0.15, -0.1) is 0 Å². The molecule has 0 amide bonds. The van der Waals surface area contributed by atoms with Crippen molar-refractivity contribution in [2.24, 2.45) is 0 Å². The lowest BCUT2D eigenvalue weighted by atomic mass is 10.2. The van der Waals surface area contributed by atoms with Crippen molar-refractivity contribution in [2.45, 2.75) is 38.9 Å². The van der Waals surface area contributed by atoms with Crippen molar-refractivity contribution in [1.29, 1.82) is 5.26 Å². The van der Waals surface area contributed by atoms with Crippen LogP contribution >= 0.6 is 0 Å². The maximum absolute atomic E-state index is 8.94. The first-order valence-corrected chi connectivity index (χ1v) is 6.29. The van der Waals surface area contributed by atoms with E-state index >= 15 is 0 Å². The van der Waals surface area contributed by atoms with Crippen LogP contribution in [0.3, 0.4) is 0 Å². The molecule has 0 aliphatic heterocycles. The van der Waals surface area contributed by atoms with Gasteiger partial charge in [-0.25, -0.2) is 0 Å². The Morgan fingerprint density at radius 1 is 1.50 bits per heavy atom. The highest BCUT2D eigenvalue weighted by Gasteiger charge is 2.26. The van der Waals surface area contributed by atoms with Gasteiger partial charge in [0.15, 0.2) is 8.32 Å². The summed E-state index contributed by atoms with van der Waals surface area (Å²) in [7, 11) is -2.48. The third kappa shape index (κ3) is 4.54. The third-order valence-electron chi connectivity index (χ3n) is 0.617. The van der Waals surface area contributed by atoms with Crippen LogP contribution in [0.25, 0.3) is 0 Å². The molecular formula is C7H15NOSi. The minimum absolute atomic E-state index is 1.34. The van der Waals surface area contributed by atoms with Gasteiger partial charge >= 0.3 is 0 Å². The standard InChI is InChI=1S/C7H15NOSi/c1-7(2,6-8)9-10(3,4)5/h1-5H3/i1D3,2D3. The monoisotopic (exact) mass is 163 g/mol. The average molecular weight is 163 g/mol. The second-order valence-electron chi connectivity index (χ2n) is 3.01. The molecule has 0 aromatic carbocycles. The molecule has 0 radical (unpaired) electrons. The molecule has 58 valence electrons. The van der Waals surface area contributed by atoms with Gasteiger partial charge in [0.05, 0.1) is 6.07 Å². The van der Waals surface area contributed by atoms with E-state index in [1.807, 2.05) is 0 Å². The molecule has 0 aromatic heterocycles. The van der Waals surface area contributed by atoms with Crippen LogP contribution in [0.4, 0.5) is 0 Å². The molecule has 0 aliphatic rings. The molecule has 0 saturated carbocycles. The highest BCUT2D eigenvalue weighted by atomic mass is 28.4. The van der Waals surface area contributed by atoms with Crippen molar-refractivity contribution >= 4 is 8.32 Å². The molecule has 0 rings (SSSR count). The molecule has 0 fully saturated rings. The molecule has 0 atom stereocenters. The lowest BCUT2D eigenvalue weighted by Crippen LogP contribution is -2.37. The van der Waals surface area contributed by atoms with Crippen LogP contribution in [0, 0.1) is 11.3 Å². The summed E-state index contributed by atoms with van der Waals surface area (Å²) in [5.41, 5.74) is -2.73. The molecule has 0 aromatic rings. The lowest BCUT2D eigenvalue weighted by Gasteiger charge is -2.26. The van der Waals surface area contributed by atoms with E-state index < -0.39 is 27.6 Å². The first-order chi connectivity index (χ1) is 6.77. The third-order valence-corrected chi connectivity index (χ3v) is 1.54. The maximum atomic E-state index is 8.94. The quantitative estimate of drug-likeness (QED) is 0.584. The van der Waals surface area contributed by atoms with Gasteiger partial charge in [0.2, 0.25) is 0 Å². The van der Waals surface area contributed by atoms with Crippen LogP contribution in [0.5, 0.6) is 0 Å². The molecule has 0 spiro atoms. The smallest absolute Gasteiger partial charge is 0.185 e. The second-order valence-corrected chi connectivity index (χ2v) is 7.44. The Bertz CT molecular complexity index is 282. The van der Waals surface area contributed by atoms with Gasteiger partial charge in [-0.05, 0) is 33.3 Å². The molecular weight excluding hydrogens is 142 g/mol. The highest BCUT2D eigenvalue weighted by molar-refractivity contribution is 6.69. The molecule has 0 bridgehead atoms. The molecule has 0 N–H and O–H groups in total. The number of rotatable bonds is 2. The van der Waals surface area contributed by atoms with Crippen LogP contribution in [0.15, 0.2) is 0 Å². The van der Waals surface area contributed by atoms with Gasteiger partial charge in [-0.1, -0.05) is 0 Å². The Morgan fingerprint density at radius 3 is 2.10 bits per heavy atom. The zero-order valence-corrected chi connectivity index (χ0v) is 7.36. The Morgan fingerprint density at radius 2 is 2.00 bits per heavy atom. The van der Waals surface area contributed by atoms with E-state index in [2.05, 4.69) is 0 Å². The fourth-order valence-electron chi connectivity index (χ4n) is 0.482. The molecule has 0 unspecified atom stereocenters. The zero-order chi connectivity index (χ0) is 13.4. The molecule has 0 heterocycles. The summed E-state index contributed by atoms with van der Waals surface area (Å²) in [4.78, 5) is 0. The summed E-state index contributed by atoms with van der Waals surface area (Å²) in [6.07, 6.45) is 0. The summed E-state index contributed by atoms with van der Waals surface area (Å²) in [5, 5.41) is 8.94. The van der Waals surface area contributed by atoms with Crippen molar-refractivity contribution < 1.29 is 12.7 Å². The molecule has 10 heavy (non-hydrogen) atoms. The summed E-state index contributed by atoms with van der Waals surface area (Å²) >= 11 is 0. The van der Waals surface area contributed by atoms with E-state index in [4.69, 9.17) is 17.9 Å². The van der Waals surface area contributed by atoms with E-state index in [0.717, 1.165) is 0 Å². The van der Waals surface area contributed by atoms with Crippen molar-refractivity contribution in [3.8, 4) is 6.07 Å². The van der Waals surface area contributed by atoms with Crippen molar-refractivity contribution in [3.63, 3.8) is 0 Å². The first kappa shape index (κ1) is 3.38. The predicted octanol–water partition coefficient (Wildman–Crippen LogP) is 2.14. The second kappa shape index (κ2) is 2.73. The number of nitriles is 1. The molecule has 3 heteroatoms. The number of hydrogen-bond acceptors (Lipinski definition) is 2. The number of hydrogen-bond donors (Lipinski definition) is 0. The topological polar surface area (TPSA) is 33.0 Å².